The fraction of sp³-hybridized carbons (Fsp3) is 0.412. The molecule has 2 N–H and O–H groups in total. The first kappa shape index (κ1) is 17.1. The summed E-state index contributed by atoms with van der Waals surface area (Å²) >= 11 is 0. The van der Waals surface area contributed by atoms with Crippen LogP contribution >= 0.6 is 0 Å². The Morgan fingerprint density at radius 3 is 2.80 bits per heavy atom. The van der Waals surface area contributed by atoms with Crippen molar-refractivity contribution in [2.75, 3.05) is 5.32 Å². The minimum absolute atomic E-state index is 0.0217. The van der Waals surface area contributed by atoms with Gasteiger partial charge in [-0.15, -0.1) is 0 Å². The molecule has 132 valence electrons. The van der Waals surface area contributed by atoms with Crippen molar-refractivity contribution in [2.45, 2.75) is 38.6 Å². The van der Waals surface area contributed by atoms with Gasteiger partial charge in [-0.2, -0.15) is 5.10 Å². The molecule has 2 aromatic rings. The molecule has 0 unspecified atom stereocenters. The summed E-state index contributed by atoms with van der Waals surface area (Å²) < 4.78 is 15.4. The lowest BCUT2D eigenvalue weighted by molar-refractivity contribution is -0.136. The molecule has 0 radical (unpaired) electrons. The van der Waals surface area contributed by atoms with Gasteiger partial charge in [0.2, 0.25) is 0 Å². The monoisotopic (exact) mass is 345 g/mol. The molecule has 1 aromatic carbocycles. The number of hydrogen-bond donors (Lipinski definition) is 2. The topological polar surface area (TPSA) is 88.9 Å². The molecule has 0 spiro atoms. The molecule has 0 aliphatic heterocycles. The third-order valence-corrected chi connectivity index (χ3v) is 4.35. The van der Waals surface area contributed by atoms with E-state index in [0.717, 1.165) is 31.7 Å². The van der Waals surface area contributed by atoms with Crippen molar-refractivity contribution in [3.05, 3.63) is 36.7 Å². The Hall–Kier alpha value is -2.77. The highest BCUT2D eigenvalue weighted by molar-refractivity contribution is 6.39. The largest absolute Gasteiger partial charge is 0.345 e. The fourth-order valence-corrected chi connectivity index (χ4v) is 3.11. The van der Waals surface area contributed by atoms with Crippen molar-refractivity contribution < 1.29 is 14.0 Å². The van der Waals surface area contributed by atoms with E-state index in [9.17, 15) is 14.0 Å². The summed E-state index contributed by atoms with van der Waals surface area (Å²) in [6, 6.07) is 4.13. The zero-order chi connectivity index (χ0) is 17.8. The Kier molecular flexibility index (Phi) is 5.06. The smallest absolute Gasteiger partial charge is 0.313 e. The van der Waals surface area contributed by atoms with E-state index >= 15 is 0 Å². The molecule has 1 aromatic heterocycles. The van der Waals surface area contributed by atoms with Crippen molar-refractivity contribution in [1.82, 2.24) is 20.1 Å². The zero-order valence-electron chi connectivity index (χ0n) is 13.9. The highest BCUT2D eigenvalue weighted by atomic mass is 19.1. The number of anilines is 1. The highest BCUT2D eigenvalue weighted by Crippen LogP contribution is 2.23. The van der Waals surface area contributed by atoms with Crippen LogP contribution in [-0.4, -0.2) is 32.6 Å². The number of aromatic nitrogens is 3. The third-order valence-electron chi connectivity index (χ3n) is 4.35. The first-order valence-corrected chi connectivity index (χ1v) is 8.29. The van der Waals surface area contributed by atoms with E-state index in [0.29, 0.717) is 5.92 Å². The number of nitrogens with one attached hydrogen (secondary N) is 2. The molecule has 1 aliphatic carbocycles. The average Bonchev–Trinajstić information content (AvgIpc) is 3.09. The predicted molar refractivity (Wildman–Crippen MR) is 89.5 cm³/mol. The van der Waals surface area contributed by atoms with Crippen molar-refractivity contribution in [3.63, 3.8) is 0 Å². The summed E-state index contributed by atoms with van der Waals surface area (Å²) in [7, 11) is 0. The molecule has 1 heterocycles. The second-order valence-electron chi connectivity index (χ2n) is 6.40. The molecule has 0 bridgehead atoms. The maximum absolute atomic E-state index is 14.1. The van der Waals surface area contributed by atoms with Crippen LogP contribution in [0, 0.1) is 11.7 Å². The van der Waals surface area contributed by atoms with Gasteiger partial charge in [-0.05, 0) is 37.0 Å². The van der Waals surface area contributed by atoms with Crippen molar-refractivity contribution in [1.29, 1.82) is 0 Å². The summed E-state index contributed by atoms with van der Waals surface area (Å²) in [4.78, 5) is 27.8. The van der Waals surface area contributed by atoms with Gasteiger partial charge in [-0.3, -0.25) is 9.59 Å². The van der Waals surface area contributed by atoms with Gasteiger partial charge in [0.25, 0.3) is 0 Å². The summed E-state index contributed by atoms with van der Waals surface area (Å²) in [5, 5.41) is 9.02. The number of benzene rings is 1. The Labute approximate surface area is 144 Å². The fourth-order valence-electron chi connectivity index (χ4n) is 3.11. The minimum Gasteiger partial charge on any atom is -0.345 e. The molecule has 0 saturated heterocycles. The lowest BCUT2D eigenvalue weighted by Crippen LogP contribution is -2.43. The van der Waals surface area contributed by atoms with Crippen LogP contribution in [0.5, 0.6) is 0 Å². The molecule has 1 saturated carbocycles. The van der Waals surface area contributed by atoms with Gasteiger partial charge < -0.3 is 10.6 Å². The normalized spacial score (nSPS) is 20.1. The number of halogens is 1. The highest BCUT2D eigenvalue weighted by Gasteiger charge is 2.23. The van der Waals surface area contributed by atoms with E-state index in [1.165, 1.54) is 29.5 Å². The van der Waals surface area contributed by atoms with Gasteiger partial charge >= 0.3 is 11.8 Å². The third kappa shape index (κ3) is 4.20. The van der Waals surface area contributed by atoms with Crippen LogP contribution in [0.1, 0.15) is 32.6 Å². The Balaban J connectivity index is 1.60. The number of hydrogen-bond acceptors (Lipinski definition) is 4. The van der Waals surface area contributed by atoms with Crippen molar-refractivity contribution >= 4 is 17.5 Å². The maximum Gasteiger partial charge on any atom is 0.313 e. The van der Waals surface area contributed by atoms with Crippen molar-refractivity contribution in [2.24, 2.45) is 5.92 Å². The van der Waals surface area contributed by atoms with E-state index in [1.807, 2.05) is 0 Å². The van der Waals surface area contributed by atoms with Crippen LogP contribution in [-0.2, 0) is 9.59 Å². The SMILES string of the molecule is C[C@@H]1CCC[C@@H](NC(=O)C(=O)Nc2ccc(-n3cncn3)c(F)c2)C1. The standard InChI is InChI=1S/C17H20FN5O2/c1-11-3-2-4-12(7-11)21-16(24)17(25)22-13-5-6-15(14(18)8-13)23-10-19-9-20-23/h5-6,8-12H,2-4,7H2,1H3,(H,21,24)(H,22,25)/t11-,12-/m1/s1. The van der Waals surface area contributed by atoms with E-state index in [-0.39, 0.29) is 17.4 Å². The number of carbonyl (C=O) groups is 2. The van der Waals surface area contributed by atoms with E-state index in [2.05, 4.69) is 27.6 Å². The van der Waals surface area contributed by atoms with Gasteiger partial charge in [0.05, 0.1) is 0 Å². The Bertz CT molecular complexity index is 762. The minimum atomic E-state index is -0.800. The van der Waals surface area contributed by atoms with Crippen LogP contribution in [0.3, 0.4) is 0 Å². The second-order valence-corrected chi connectivity index (χ2v) is 6.40. The Morgan fingerprint density at radius 2 is 2.12 bits per heavy atom. The van der Waals surface area contributed by atoms with Crippen LogP contribution in [0.25, 0.3) is 5.69 Å². The predicted octanol–water partition coefficient (Wildman–Crippen LogP) is 2.04. The van der Waals surface area contributed by atoms with E-state index in [4.69, 9.17) is 0 Å². The van der Waals surface area contributed by atoms with Gasteiger partial charge in [-0.25, -0.2) is 14.1 Å². The van der Waals surface area contributed by atoms with E-state index in [1.54, 1.807) is 0 Å². The zero-order valence-corrected chi connectivity index (χ0v) is 13.9. The number of amides is 2. The molecule has 3 rings (SSSR count). The Morgan fingerprint density at radius 1 is 1.28 bits per heavy atom. The number of carbonyl (C=O) groups excluding carboxylic acids is 2. The maximum atomic E-state index is 14.1. The number of rotatable bonds is 3. The molecule has 7 nitrogen and oxygen atoms in total. The van der Waals surface area contributed by atoms with Crippen LogP contribution in [0.15, 0.2) is 30.9 Å². The molecule has 25 heavy (non-hydrogen) atoms. The first-order valence-electron chi connectivity index (χ1n) is 8.29. The van der Waals surface area contributed by atoms with Gasteiger partial charge in [-0.1, -0.05) is 19.8 Å². The van der Waals surface area contributed by atoms with Gasteiger partial charge in [0, 0.05) is 11.7 Å². The van der Waals surface area contributed by atoms with Crippen molar-refractivity contribution in [3.8, 4) is 5.69 Å². The summed E-state index contributed by atoms with van der Waals surface area (Å²) in [6.07, 6.45) is 6.62. The molecular weight excluding hydrogens is 325 g/mol. The van der Waals surface area contributed by atoms with Gasteiger partial charge in [0.15, 0.2) is 5.82 Å². The molecule has 8 heteroatoms. The molecule has 1 fully saturated rings. The summed E-state index contributed by atoms with van der Waals surface area (Å²) in [5.74, 6) is -1.53. The molecule has 2 atom stereocenters. The van der Waals surface area contributed by atoms with Crippen LogP contribution < -0.4 is 10.6 Å². The second kappa shape index (κ2) is 7.42. The quantitative estimate of drug-likeness (QED) is 0.833. The van der Waals surface area contributed by atoms with E-state index < -0.39 is 17.6 Å². The summed E-state index contributed by atoms with van der Waals surface area (Å²) in [5.41, 5.74) is 0.412. The molecular formula is C17H20FN5O2. The average molecular weight is 345 g/mol. The number of nitrogens with zero attached hydrogens (tertiary/aromatic N) is 3. The molecule has 2 amide bonds. The molecule has 1 aliphatic rings. The van der Waals surface area contributed by atoms with Crippen LogP contribution in [0.2, 0.25) is 0 Å². The summed E-state index contributed by atoms with van der Waals surface area (Å²) in [6.45, 7) is 2.14. The van der Waals surface area contributed by atoms with Crippen LogP contribution in [0.4, 0.5) is 10.1 Å². The van der Waals surface area contributed by atoms with Gasteiger partial charge in [0.1, 0.15) is 18.3 Å². The first-order chi connectivity index (χ1) is 12.0. The lowest BCUT2D eigenvalue weighted by atomic mass is 9.87. The lowest BCUT2D eigenvalue weighted by Gasteiger charge is -2.27.